The van der Waals surface area contributed by atoms with Crippen molar-refractivity contribution in [2.75, 3.05) is 0 Å². The third-order valence-electron chi connectivity index (χ3n) is 5.14. The summed E-state index contributed by atoms with van der Waals surface area (Å²) in [7, 11) is 0. The van der Waals surface area contributed by atoms with Gasteiger partial charge in [-0.1, -0.05) is 26.0 Å². The third-order valence-corrected chi connectivity index (χ3v) is 5.14. The standard InChI is InChI=1S/C19H20N2O4/c1-19(2)9-13-17(14(23)10-19)18(11-3-5-12(22)6-4-11)21-16(25)8-7-15(24)20(13)21/h3-6,18,22H,7-10H2,1-2H3. The largest absolute Gasteiger partial charge is 0.508 e. The summed E-state index contributed by atoms with van der Waals surface area (Å²) in [5, 5.41) is 12.4. The molecule has 1 N–H and O–H groups in total. The second-order valence-electron chi connectivity index (χ2n) is 7.74. The number of allylic oxidation sites excluding steroid dienone is 1. The number of phenols is 1. The topological polar surface area (TPSA) is 77.9 Å². The van der Waals surface area contributed by atoms with Crippen molar-refractivity contribution in [1.82, 2.24) is 10.0 Å². The highest BCUT2D eigenvalue weighted by Gasteiger charge is 2.52. The second kappa shape index (κ2) is 5.18. The number of ketones is 1. The van der Waals surface area contributed by atoms with Crippen LogP contribution in [0.15, 0.2) is 35.5 Å². The first kappa shape index (κ1) is 15.9. The number of benzene rings is 1. The lowest BCUT2D eigenvalue weighted by molar-refractivity contribution is -0.167. The Hall–Kier alpha value is -2.63. The van der Waals surface area contributed by atoms with E-state index in [2.05, 4.69) is 0 Å². The zero-order valence-corrected chi connectivity index (χ0v) is 14.3. The summed E-state index contributed by atoms with van der Waals surface area (Å²) in [6.45, 7) is 4.01. The minimum Gasteiger partial charge on any atom is -0.508 e. The van der Waals surface area contributed by atoms with Crippen molar-refractivity contribution in [1.29, 1.82) is 0 Å². The van der Waals surface area contributed by atoms with Crippen LogP contribution in [-0.4, -0.2) is 32.7 Å². The number of fused-ring (bicyclic) bond motifs is 2. The Bertz CT molecular complexity index is 822. The predicted molar refractivity (Wildman–Crippen MR) is 88.8 cm³/mol. The normalized spacial score (nSPS) is 25.4. The Morgan fingerprint density at radius 3 is 2.32 bits per heavy atom. The van der Waals surface area contributed by atoms with Gasteiger partial charge < -0.3 is 5.11 Å². The summed E-state index contributed by atoms with van der Waals surface area (Å²) in [6.07, 6.45) is 1.30. The molecule has 0 bridgehead atoms. The molecule has 3 aliphatic rings. The minimum atomic E-state index is -0.587. The van der Waals surface area contributed by atoms with Crippen LogP contribution < -0.4 is 0 Å². The molecule has 1 saturated heterocycles. The summed E-state index contributed by atoms with van der Waals surface area (Å²) >= 11 is 0. The number of Topliss-reactive ketones (excluding diaryl/α,β-unsaturated/α-hetero) is 1. The van der Waals surface area contributed by atoms with E-state index in [0.717, 1.165) is 5.56 Å². The van der Waals surface area contributed by atoms with Crippen molar-refractivity contribution in [3.8, 4) is 5.75 Å². The number of aromatic hydroxyl groups is 1. The van der Waals surface area contributed by atoms with Gasteiger partial charge in [-0.05, 0) is 29.5 Å². The van der Waals surface area contributed by atoms with Gasteiger partial charge in [-0.25, -0.2) is 10.0 Å². The molecule has 2 aliphatic heterocycles. The Morgan fingerprint density at radius 1 is 1.00 bits per heavy atom. The number of carbonyl (C=O) groups is 3. The first-order valence-electron chi connectivity index (χ1n) is 8.49. The maximum Gasteiger partial charge on any atom is 0.246 e. The molecule has 6 nitrogen and oxygen atoms in total. The Kier molecular flexibility index (Phi) is 3.29. The fraction of sp³-hybridized carbons (Fsp3) is 0.421. The third kappa shape index (κ3) is 2.35. The van der Waals surface area contributed by atoms with Crippen molar-refractivity contribution in [3.05, 3.63) is 41.1 Å². The molecular formula is C19H20N2O4. The summed E-state index contributed by atoms with van der Waals surface area (Å²) in [5.74, 6) is -0.194. The minimum absolute atomic E-state index is 0.0145. The molecule has 1 aromatic carbocycles. The Morgan fingerprint density at radius 2 is 1.64 bits per heavy atom. The van der Waals surface area contributed by atoms with Gasteiger partial charge in [0, 0.05) is 24.8 Å². The van der Waals surface area contributed by atoms with Gasteiger partial charge in [-0.15, -0.1) is 0 Å². The molecule has 0 aromatic heterocycles. The van der Waals surface area contributed by atoms with Gasteiger partial charge in [0.2, 0.25) is 11.8 Å². The number of amides is 2. The monoisotopic (exact) mass is 340 g/mol. The molecule has 1 aliphatic carbocycles. The molecule has 4 rings (SSSR count). The number of rotatable bonds is 1. The predicted octanol–water partition coefficient (Wildman–Crippen LogP) is 2.46. The van der Waals surface area contributed by atoms with Gasteiger partial charge in [0.25, 0.3) is 0 Å². The molecule has 0 spiro atoms. The van der Waals surface area contributed by atoms with E-state index in [1.807, 2.05) is 13.8 Å². The lowest BCUT2D eigenvalue weighted by atomic mass is 9.74. The molecule has 130 valence electrons. The van der Waals surface area contributed by atoms with Crippen molar-refractivity contribution < 1.29 is 19.5 Å². The maximum absolute atomic E-state index is 12.9. The lowest BCUT2D eigenvalue weighted by Gasteiger charge is -2.38. The highest BCUT2D eigenvalue weighted by atomic mass is 16.3. The average molecular weight is 340 g/mol. The quantitative estimate of drug-likeness (QED) is 0.852. The number of hydrogen-bond donors (Lipinski definition) is 1. The van der Waals surface area contributed by atoms with Crippen LogP contribution in [-0.2, 0) is 14.4 Å². The number of nitrogens with zero attached hydrogens (tertiary/aromatic N) is 2. The number of phenolic OH excluding ortho intramolecular Hbond substituents is 1. The molecule has 0 saturated carbocycles. The Balaban J connectivity index is 1.90. The summed E-state index contributed by atoms with van der Waals surface area (Å²) < 4.78 is 0. The van der Waals surface area contributed by atoms with Crippen molar-refractivity contribution in [3.63, 3.8) is 0 Å². The highest BCUT2D eigenvalue weighted by molar-refractivity contribution is 6.03. The average Bonchev–Trinajstić information content (AvgIpc) is 2.87. The van der Waals surface area contributed by atoms with Crippen LogP contribution in [0, 0.1) is 5.41 Å². The molecule has 1 aromatic rings. The van der Waals surface area contributed by atoms with Gasteiger partial charge in [-0.3, -0.25) is 14.4 Å². The van der Waals surface area contributed by atoms with Gasteiger partial charge in [0.05, 0.1) is 5.70 Å². The van der Waals surface area contributed by atoms with E-state index in [1.165, 1.54) is 22.2 Å². The van der Waals surface area contributed by atoms with Crippen LogP contribution in [0.3, 0.4) is 0 Å². The molecule has 2 heterocycles. The second-order valence-corrected chi connectivity index (χ2v) is 7.74. The van der Waals surface area contributed by atoms with Crippen LogP contribution in [0.4, 0.5) is 0 Å². The highest BCUT2D eigenvalue weighted by Crippen LogP contribution is 2.51. The number of hydrazine groups is 1. The van der Waals surface area contributed by atoms with E-state index in [4.69, 9.17) is 0 Å². The molecule has 2 amide bonds. The fourth-order valence-corrected chi connectivity index (χ4v) is 4.09. The first-order valence-corrected chi connectivity index (χ1v) is 8.49. The van der Waals surface area contributed by atoms with Crippen LogP contribution in [0.5, 0.6) is 5.75 Å². The summed E-state index contributed by atoms with van der Waals surface area (Å²) in [5.41, 5.74) is 1.70. The zero-order chi connectivity index (χ0) is 17.9. The van der Waals surface area contributed by atoms with Crippen molar-refractivity contribution >= 4 is 17.6 Å². The van der Waals surface area contributed by atoms with Crippen LogP contribution in [0.1, 0.15) is 51.1 Å². The van der Waals surface area contributed by atoms with Crippen molar-refractivity contribution in [2.24, 2.45) is 5.41 Å². The van der Waals surface area contributed by atoms with E-state index in [1.54, 1.807) is 12.1 Å². The fourth-order valence-electron chi connectivity index (χ4n) is 4.09. The number of hydrogen-bond acceptors (Lipinski definition) is 4. The van der Waals surface area contributed by atoms with Gasteiger partial charge in [-0.2, -0.15) is 0 Å². The van der Waals surface area contributed by atoms with Crippen molar-refractivity contribution in [2.45, 2.75) is 45.6 Å². The smallest absolute Gasteiger partial charge is 0.246 e. The first-order chi connectivity index (χ1) is 11.8. The molecule has 1 fully saturated rings. The van der Waals surface area contributed by atoms with E-state index in [-0.39, 0.29) is 41.6 Å². The summed E-state index contributed by atoms with van der Waals surface area (Å²) in [4.78, 5) is 38.1. The van der Waals surface area contributed by atoms with Gasteiger partial charge in [0.1, 0.15) is 11.8 Å². The zero-order valence-electron chi connectivity index (χ0n) is 14.3. The van der Waals surface area contributed by atoms with Crippen LogP contribution >= 0.6 is 0 Å². The molecule has 25 heavy (non-hydrogen) atoms. The van der Waals surface area contributed by atoms with E-state index in [9.17, 15) is 19.5 Å². The summed E-state index contributed by atoms with van der Waals surface area (Å²) in [6, 6.07) is 5.88. The van der Waals surface area contributed by atoms with Gasteiger partial charge >= 0.3 is 0 Å². The van der Waals surface area contributed by atoms with Gasteiger partial charge in [0.15, 0.2) is 5.78 Å². The maximum atomic E-state index is 12.9. The molecular weight excluding hydrogens is 320 g/mol. The lowest BCUT2D eigenvalue weighted by Crippen LogP contribution is -2.50. The van der Waals surface area contributed by atoms with Crippen LogP contribution in [0.25, 0.3) is 0 Å². The van der Waals surface area contributed by atoms with E-state index < -0.39 is 6.04 Å². The SMILES string of the molecule is CC1(C)CC(=O)C2=C(C1)N1C(=O)CCC(=O)N1C2c1ccc(O)cc1. The molecule has 1 unspecified atom stereocenters. The van der Waals surface area contributed by atoms with E-state index in [0.29, 0.717) is 24.1 Å². The number of carbonyl (C=O) groups excluding carboxylic acids is 3. The molecule has 6 heteroatoms. The van der Waals surface area contributed by atoms with E-state index >= 15 is 0 Å². The molecule has 0 radical (unpaired) electrons. The van der Waals surface area contributed by atoms with Crippen LogP contribution in [0.2, 0.25) is 0 Å². The molecule has 1 atom stereocenters. The Labute approximate surface area is 145 Å².